The Bertz CT molecular complexity index is 67.0. The third-order valence-corrected chi connectivity index (χ3v) is 1.60. The molecule has 0 aliphatic rings. The SMILES string of the molecule is CCCCC/C=C/CBr. The van der Waals surface area contributed by atoms with Gasteiger partial charge in [-0.25, -0.2) is 0 Å². The van der Waals surface area contributed by atoms with Crippen molar-refractivity contribution in [2.45, 2.75) is 32.6 Å². The van der Waals surface area contributed by atoms with Crippen LogP contribution in [0.15, 0.2) is 12.2 Å². The molecule has 0 amide bonds. The van der Waals surface area contributed by atoms with Crippen molar-refractivity contribution in [3.05, 3.63) is 12.2 Å². The van der Waals surface area contributed by atoms with Crippen molar-refractivity contribution in [3.8, 4) is 0 Å². The highest BCUT2D eigenvalue weighted by Gasteiger charge is 1.79. The van der Waals surface area contributed by atoms with Gasteiger partial charge in [-0.05, 0) is 12.8 Å². The van der Waals surface area contributed by atoms with Gasteiger partial charge in [-0.1, -0.05) is 47.8 Å². The van der Waals surface area contributed by atoms with Gasteiger partial charge in [0.2, 0.25) is 0 Å². The van der Waals surface area contributed by atoms with Gasteiger partial charge in [0.05, 0.1) is 0 Å². The highest BCUT2D eigenvalue weighted by Crippen LogP contribution is 1.99. The van der Waals surface area contributed by atoms with Crippen LogP contribution >= 0.6 is 15.9 Å². The first-order valence-corrected chi connectivity index (χ1v) is 4.75. The quantitative estimate of drug-likeness (QED) is 0.354. The van der Waals surface area contributed by atoms with E-state index in [0.717, 1.165) is 5.33 Å². The first-order valence-electron chi connectivity index (χ1n) is 3.62. The average molecular weight is 191 g/mol. The fourth-order valence-corrected chi connectivity index (χ4v) is 0.957. The zero-order valence-corrected chi connectivity index (χ0v) is 7.65. The minimum atomic E-state index is 0.999. The van der Waals surface area contributed by atoms with E-state index in [-0.39, 0.29) is 0 Å². The van der Waals surface area contributed by atoms with Crippen LogP contribution in [0.1, 0.15) is 32.6 Å². The van der Waals surface area contributed by atoms with Gasteiger partial charge in [-0.15, -0.1) is 0 Å². The van der Waals surface area contributed by atoms with Gasteiger partial charge >= 0.3 is 0 Å². The van der Waals surface area contributed by atoms with Crippen LogP contribution in [-0.4, -0.2) is 5.33 Å². The molecule has 0 unspecified atom stereocenters. The Kier molecular flexibility index (Phi) is 8.42. The molecule has 0 saturated heterocycles. The maximum absolute atomic E-state index is 3.33. The van der Waals surface area contributed by atoms with E-state index >= 15 is 0 Å². The van der Waals surface area contributed by atoms with Crippen molar-refractivity contribution >= 4 is 15.9 Å². The molecule has 0 heterocycles. The van der Waals surface area contributed by atoms with E-state index < -0.39 is 0 Å². The third kappa shape index (κ3) is 8.22. The molecule has 0 aliphatic heterocycles. The molecule has 0 aromatic carbocycles. The van der Waals surface area contributed by atoms with Gasteiger partial charge in [0, 0.05) is 5.33 Å². The third-order valence-electron chi connectivity index (χ3n) is 1.23. The number of alkyl halides is 1. The molecular weight excluding hydrogens is 176 g/mol. The second kappa shape index (κ2) is 8.22. The van der Waals surface area contributed by atoms with Crippen LogP contribution in [0.5, 0.6) is 0 Å². The summed E-state index contributed by atoms with van der Waals surface area (Å²) in [6.45, 7) is 2.23. The van der Waals surface area contributed by atoms with Crippen LogP contribution < -0.4 is 0 Å². The van der Waals surface area contributed by atoms with Crippen molar-refractivity contribution in [3.63, 3.8) is 0 Å². The fraction of sp³-hybridized carbons (Fsp3) is 0.750. The number of rotatable bonds is 5. The molecule has 54 valence electrons. The smallest absolute Gasteiger partial charge is 0.0212 e. The van der Waals surface area contributed by atoms with E-state index in [4.69, 9.17) is 0 Å². The largest absolute Gasteiger partial charge is 0.0883 e. The van der Waals surface area contributed by atoms with Crippen molar-refractivity contribution in [1.82, 2.24) is 0 Å². The van der Waals surface area contributed by atoms with Gasteiger partial charge in [0.15, 0.2) is 0 Å². The molecule has 0 rings (SSSR count). The first-order chi connectivity index (χ1) is 4.41. The second-order valence-corrected chi connectivity index (χ2v) is 2.77. The Hall–Kier alpha value is 0.220. The van der Waals surface area contributed by atoms with Crippen LogP contribution in [0.2, 0.25) is 0 Å². The van der Waals surface area contributed by atoms with Gasteiger partial charge < -0.3 is 0 Å². The molecule has 0 aromatic heterocycles. The number of allylic oxidation sites excluding steroid dienone is 2. The highest BCUT2D eigenvalue weighted by molar-refractivity contribution is 9.09. The Morgan fingerprint density at radius 2 is 2.00 bits per heavy atom. The molecule has 1 heteroatoms. The van der Waals surface area contributed by atoms with Gasteiger partial charge in [0.25, 0.3) is 0 Å². The number of hydrogen-bond donors (Lipinski definition) is 0. The van der Waals surface area contributed by atoms with Crippen molar-refractivity contribution in [1.29, 1.82) is 0 Å². The first kappa shape index (κ1) is 9.22. The molecular formula is C8H15Br. The van der Waals surface area contributed by atoms with E-state index in [1.54, 1.807) is 0 Å². The summed E-state index contributed by atoms with van der Waals surface area (Å²) in [5.41, 5.74) is 0. The second-order valence-electron chi connectivity index (χ2n) is 2.12. The summed E-state index contributed by atoms with van der Waals surface area (Å²) in [5, 5.41) is 0.999. The molecule has 0 nitrogen and oxygen atoms in total. The van der Waals surface area contributed by atoms with Crippen LogP contribution in [0.3, 0.4) is 0 Å². The number of halogens is 1. The van der Waals surface area contributed by atoms with Gasteiger partial charge in [-0.3, -0.25) is 0 Å². The summed E-state index contributed by atoms with van der Waals surface area (Å²) < 4.78 is 0. The highest BCUT2D eigenvalue weighted by atomic mass is 79.9. The van der Waals surface area contributed by atoms with Crippen LogP contribution in [0, 0.1) is 0 Å². The Balaban J connectivity index is 2.82. The molecule has 0 aliphatic carbocycles. The maximum Gasteiger partial charge on any atom is 0.0212 e. The topological polar surface area (TPSA) is 0 Å². The molecule has 9 heavy (non-hydrogen) atoms. The predicted molar refractivity (Wildman–Crippen MR) is 47.1 cm³/mol. The zero-order chi connectivity index (χ0) is 6.95. The molecule has 0 atom stereocenters. The maximum atomic E-state index is 3.33. The summed E-state index contributed by atoms with van der Waals surface area (Å²) in [6.07, 6.45) is 9.69. The summed E-state index contributed by atoms with van der Waals surface area (Å²) >= 11 is 3.33. The van der Waals surface area contributed by atoms with Crippen LogP contribution in [0.4, 0.5) is 0 Å². The minimum Gasteiger partial charge on any atom is -0.0883 e. The summed E-state index contributed by atoms with van der Waals surface area (Å²) in [4.78, 5) is 0. The van der Waals surface area contributed by atoms with Gasteiger partial charge in [0.1, 0.15) is 0 Å². The molecule has 0 saturated carbocycles. The lowest BCUT2D eigenvalue weighted by molar-refractivity contribution is 0.729. The van der Waals surface area contributed by atoms with Gasteiger partial charge in [-0.2, -0.15) is 0 Å². The van der Waals surface area contributed by atoms with E-state index in [0.29, 0.717) is 0 Å². The normalized spacial score (nSPS) is 10.9. The summed E-state index contributed by atoms with van der Waals surface area (Å²) in [5.74, 6) is 0. The predicted octanol–water partition coefficient (Wildman–Crippen LogP) is 3.52. The standard InChI is InChI=1S/C8H15Br/c1-2-3-4-5-6-7-8-9/h6-7H,2-5,8H2,1H3/b7-6+. The van der Waals surface area contributed by atoms with Crippen molar-refractivity contribution < 1.29 is 0 Å². The Morgan fingerprint density at radius 3 is 2.56 bits per heavy atom. The summed E-state index contributed by atoms with van der Waals surface area (Å²) in [7, 11) is 0. The fourth-order valence-electron chi connectivity index (χ4n) is 0.693. The molecule has 0 N–H and O–H groups in total. The van der Waals surface area contributed by atoms with Crippen LogP contribution in [-0.2, 0) is 0 Å². The summed E-state index contributed by atoms with van der Waals surface area (Å²) in [6, 6.07) is 0. The van der Waals surface area contributed by atoms with Crippen molar-refractivity contribution in [2.24, 2.45) is 0 Å². The lowest BCUT2D eigenvalue weighted by Gasteiger charge is -1.89. The van der Waals surface area contributed by atoms with Crippen LogP contribution in [0.25, 0.3) is 0 Å². The molecule has 0 bridgehead atoms. The lowest BCUT2D eigenvalue weighted by Crippen LogP contribution is -1.70. The Morgan fingerprint density at radius 1 is 1.22 bits per heavy atom. The monoisotopic (exact) mass is 190 g/mol. The average Bonchev–Trinajstić information content (AvgIpc) is 1.89. The number of unbranched alkanes of at least 4 members (excludes halogenated alkanes) is 3. The van der Waals surface area contributed by atoms with E-state index in [1.165, 1.54) is 25.7 Å². The van der Waals surface area contributed by atoms with E-state index in [1.807, 2.05) is 0 Å². The lowest BCUT2D eigenvalue weighted by atomic mass is 10.2. The molecule has 0 aromatic rings. The minimum absolute atomic E-state index is 0.999. The zero-order valence-electron chi connectivity index (χ0n) is 6.07. The molecule has 0 spiro atoms. The molecule has 0 fully saturated rings. The Labute approximate surface area is 66.5 Å². The van der Waals surface area contributed by atoms with E-state index in [2.05, 4.69) is 35.0 Å². The van der Waals surface area contributed by atoms with E-state index in [9.17, 15) is 0 Å². The van der Waals surface area contributed by atoms with Crippen molar-refractivity contribution in [2.75, 3.05) is 5.33 Å². The number of hydrogen-bond acceptors (Lipinski definition) is 0. The molecule has 0 radical (unpaired) electrons.